The van der Waals surface area contributed by atoms with Gasteiger partial charge in [0.2, 0.25) is 5.91 Å². The van der Waals surface area contributed by atoms with Gasteiger partial charge in [0.15, 0.2) is 0 Å². The van der Waals surface area contributed by atoms with Crippen molar-refractivity contribution in [3.63, 3.8) is 0 Å². The van der Waals surface area contributed by atoms with E-state index in [4.69, 9.17) is 16.3 Å². The largest absolute Gasteiger partial charge is 0.493 e. The van der Waals surface area contributed by atoms with E-state index < -0.39 is 0 Å². The lowest BCUT2D eigenvalue weighted by Gasteiger charge is -2.15. The molecule has 0 radical (unpaired) electrons. The highest BCUT2D eigenvalue weighted by molar-refractivity contribution is 6.30. The van der Waals surface area contributed by atoms with Crippen molar-refractivity contribution in [2.24, 2.45) is 0 Å². The Balaban J connectivity index is 2.61. The van der Waals surface area contributed by atoms with E-state index in [9.17, 15) is 4.79 Å². The van der Waals surface area contributed by atoms with Crippen molar-refractivity contribution >= 4 is 17.5 Å². The van der Waals surface area contributed by atoms with Gasteiger partial charge in [-0.2, -0.15) is 0 Å². The highest BCUT2D eigenvalue weighted by atomic mass is 35.5. The van der Waals surface area contributed by atoms with Crippen molar-refractivity contribution in [2.45, 2.75) is 32.9 Å². The van der Waals surface area contributed by atoms with Crippen LogP contribution in [0.4, 0.5) is 0 Å². The molecule has 0 aliphatic carbocycles. The molecule has 0 aromatic heterocycles. The van der Waals surface area contributed by atoms with Crippen LogP contribution in [0.5, 0.6) is 5.75 Å². The molecule has 4 nitrogen and oxygen atoms in total. The molecule has 0 unspecified atom stereocenters. The van der Waals surface area contributed by atoms with Crippen LogP contribution < -0.4 is 10.1 Å². The second-order valence-electron chi connectivity index (χ2n) is 5.17. The first-order valence-electron chi connectivity index (χ1n) is 6.75. The van der Waals surface area contributed by atoms with E-state index in [-0.39, 0.29) is 5.91 Å². The van der Waals surface area contributed by atoms with E-state index in [1.54, 1.807) is 25.1 Å². The normalized spacial score (nSPS) is 10.7. The Labute approximate surface area is 126 Å². The standard InChI is InChI=1S/C15H23ClN2O2/c1-11(2)17-10-12-9-13(16)5-6-14(12)20-8-7-15(19)18(3)4/h5-6,9,11,17H,7-8,10H2,1-4H3. The van der Waals surface area contributed by atoms with Crippen molar-refractivity contribution in [3.05, 3.63) is 28.8 Å². The van der Waals surface area contributed by atoms with Crippen LogP contribution in [0.1, 0.15) is 25.8 Å². The van der Waals surface area contributed by atoms with Crippen molar-refractivity contribution in [2.75, 3.05) is 20.7 Å². The van der Waals surface area contributed by atoms with Crippen molar-refractivity contribution < 1.29 is 9.53 Å². The average molecular weight is 299 g/mol. The second-order valence-corrected chi connectivity index (χ2v) is 5.61. The van der Waals surface area contributed by atoms with Crippen LogP contribution in [0.25, 0.3) is 0 Å². The first-order valence-corrected chi connectivity index (χ1v) is 7.12. The third-order valence-corrected chi connectivity index (χ3v) is 3.03. The fourth-order valence-corrected chi connectivity index (χ4v) is 1.81. The summed E-state index contributed by atoms with van der Waals surface area (Å²) in [5.41, 5.74) is 1.00. The highest BCUT2D eigenvalue weighted by Gasteiger charge is 2.08. The average Bonchev–Trinajstić information content (AvgIpc) is 2.38. The van der Waals surface area contributed by atoms with Gasteiger partial charge in [0.05, 0.1) is 13.0 Å². The number of hydrogen-bond acceptors (Lipinski definition) is 3. The Morgan fingerprint density at radius 1 is 1.40 bits per heavy atom. The van der Waals surface area contributed by atoms with Crippen LogP contribution in [0, 0.1) is 0 Å². The quantitative estimate of drug-likeness (QED) is 0.841. The molecular formula is C15H23ClN2O2. The minimum atomic E-state index is 0.0563. The molecule has 1 amide bonds. The number of halogens is 1. The molecule has 112 valence electrons. The van der Waals surface area contributed by atoms with Crippen molar-refractivity contribution in [1.82, 2.24) is 10.2 Å². The van der Waals surface area contributed by atoms with E-state index in [1.165, 1.54) is 0 Å². The number of amides is 1. The Morgan fingerprint density at radius 2 is 2.10 bits per heavy atom. The molecule has 0 saturated carbocycles. The Bertz CT molecular complexity index is 447. The summed E-state index contributed by atoms with van der Waals surface area (Å²) in [7, 11) is 3.48. The lowest BCUT2D eigenvalue weighted by atomic mass is 10.2. The fourth-order valence-electron chi connectivity index (χ4n) is 1.61. The maximum Gasteiger partial charge on any atom is 0.225 e. The monoisotopic (exact) mass is 298 g/mol. The molecule has 1 N–H and O–H groups in total. The zero-order valence-corrected chi connectivity index (χ0v) is 13.3. The topological polar surface area (TPSA) is 41.6 Å². The zero-order chi connectivity index (χ0) is 15.1. The summed E-state index contributed by atoms with van der Waals surface area (Å²) in [5, 5.41) is 4.02. The molecule has 0 bridgehead atoms. The third-order valence-electron chi connectivity index (χ3n) is 2.80. The van der Waals surface area contributed by atoms with Gasteiger partial charge in [0.1, 0.15) is 5.75 Å². The van der Waals surface area contributed by atoms with Crippen LogP contribution in [0.15, 0.2) is 18.2 Å². The summed E-state index contributed by atoms with van der Waals surface area (Å²) in [6, 6.07) is 5.92. The second kappa shape index (κ2) is 8.12. The molecule has 0 fully saturated rings. The molecule has 0 spiro atoms. The van der Waals surface area contributed by atoms with Crippen LogP contribution in [0.3, 0.4) is 0 Å². The SMILES string of the molecule is CC(C)NCc1cc(Cl)ccc1OCCC(=O)N(C)C. The molecule has 1 rings (SSSR count). The molecule has 0 atom stereocenters. The molecule has 0 heterocycles. The third kappa shape index (κ3) is 5.80. The summed E-state index contributed by atoms with van der Waals surface area (Å²) >= 11 is 6.01. The van der Waals surface area contributed by atoms with Gasteiger partial charge < -0.3 is 15.0 Å². The number of ether oxygens (including phenoxy) is 1. The van der Waals surface area contributed by atoms with E-state index in [2.05, 4.69) is 19.2 Å². The molecule has 0 aliphatic rings. The van der Waals surface area contributed by atoms with Gasteiger partial charge in [-0.15, -0.1) is 0 Å². The minimum Gasteiger partial charge on any atom is -0.493 e. The van der Waals surface area contributed by atoms with Crippen LogP contribution >= 0.6 is 11.6 Å². The van der Waals surface area contributed by atoms with E-state index >= 15 is 0 Å². The number of nitrogens with zero attached hydrogens (tertiary/aromatic N) is 1. The Kier molecular flexibility index (Phi) is 6.82. The van der Waals surface area contributed by atoms with Gasteiger partial charge in [-0.3, -0.25) is 4.79 Å². The first kappa shape index (κ1) is 16.8. The van der Waals surface area contributed by atoms with E-state index in [0.29, 0.717) is 30.6 Å². The minimum absolute atomic E-state index is 0.0563. The number of benzene rings is 1. The predicted octanol–water partition coefficient (Wildman–Crippen LogP) is 2.70. The summed E-state index contributed by atoms with van der Waals surface area (Å²) in [5.74, 6) is 0.829. The summed E-state index contributed by atoms with van der Waals surface area (Å²) in [6.07, 6.45) is 0.368. The fraction of sp³-hybridized carbons (Fsp3) is 0.533. The predicted molar refractivity (Wildman–Crippen MR) is 82.2 cm³/mol. The van der Waals surface area contributed by atoms with Gasteiger partial charge in [-0.05, 0) is 18.2 Å². The molecule has 20 heavy (non-hydrogen) atoms. The lowest BCUT2D eigenvalue weighted by Crippen LogP contribution is -2.24. The summed E-state index contributed by atoms with van der Waals surface area (Å²) < 4.78 is 5.70. The van der Waals surface area contributed by atoms with Crippen LogP contribution in [-0.2, 0) is 11.3 Å². The summed E-state index contributed by atoms with van der Waals surface area (Å²) in [4.78, 5) is 13.1. The number of rotatable bonds is 7. The number of carbonyl (C=O) groups excluding carboxylic acids is 1. The molecule has 1 aromatic carbocycles. The highest BCUT2D eigenvalue weighted by Crippen LogP contribution is 2.23. The number of carbonyl (C=O) groups is 1. The molecule has 0 saturated heterocycles. The van der Waals surface area contributed by atoms with Gasteiger partial charge in [-0.25, -0.2) is 0 Å². The van der Waals surface area contributed by atoms with E-state index in [1.807, 2.05) is 12.1 Å². The zero-order valence-electron chi connectivity index (χ0n) is 12.6. The number of nitrogens with one attached hydrogen (secondary N) is 1. The Morgan fingerprint density at radius 3 is 2.70 bits per heavy atom. The maximum absolute atomic E-state index is 11.5. The maximum atomic E-state index is 11.5. The van der Waals surface area contributed by atoms with Gasteiger partial charge in [0, 0.05) is 37.3 Å². The summed E-state index contributed by atoms with van der Waals surface area (Å²) in [6.45, 7) is 5.23. The van der Waals surface area contributed by atoms with Crippen LogP contribution in [-0.4, -0.2) is 37.6 Å². The first-order chi connectivity index (χ1) is 9.40. The van der Waals surface area contributed by atoms with Crippen molar-refractivity contribution in [1.29, 1.82) is 0 Å². The van der Waals surface area contributed by atoms with Crippen LogP contribution in [0.2, 0.25) is 5.02 Å². The van der Waals surface area contributed by atoms with Gasteiger partial charge in [0.25, 0.3) is 0 Å². The molecule has 1 aromatic rings. The smallest absolute Gasteiger partial charge is 0.225 e. The number of hydrogen-bond donors (Lipinski definition) is 1. The van der Waals surface area contributed by atoms with E-state index in [0.717, 1.165) is 11.3 Å². The molecule has 0 aliphatic heterocycles. The lowest BCUT2D eigenvalue weighted by molar-refractivity contribution is -0.129. The van der Waals surface area contributed by atoms with Gasteiger partial charge in [-0.1, -0.05) is 25.4 Å². The molecular weight excluding hydrogens is 276 g/mol. The van der Waals surface area contributed by atoms with Crippen molar-refractivity contribution in [3.8, 4) is 5.75 Å². The molecule has 5 heteroatoms. The Hall–Kier alpha value is -1.26. The van der Waals surface area contributed by atoms with Gasteiger partial charge >= 0.3 is 0 Å².